The van der Waals surface area contributed by atoms with Gasteiger partial charge in [0.25, 0.3) is 0 Å². The van der Waals surface area contributed by atoms with E-state index in [9.17, 15) is 4.39 Å². The number of aromatic nitrogens is 1. The van der Waals surface area contributed by atoms with Crippen molar-refractivity contribution in [1.82, 2.24) is 9.88 Å². The summed E-state index contributed by atoms with van der Waals surface area (Å²) >= 11 is 0. The van der Waals surface area contributed by atoms with Crippen LogP contribution in [0.3, 0.4) is 0 Å². The molecule has 1 saturated heterocycles. The van der Waals surface area contributed by atoms with Gasteiger partial charge in [-0.3, -0.25) is 4.90 Å². The van der Waals surface area contributed by atoms with E-state index in [0.29, 0.717) is 5.92 Å². The van der Waals surface area contributed by atoms with E-state index >= 15 is 0 Å². The van der Waals surface area contributed by atoms with Gasteiger partial charge < -0.3 is 4.42 Å². The lowest BCUT2D eigenvalue weighted by atomic mass is 9.95. The van der Waals surface area contributed by atoms with Crippen LogP contribution in [-0.4, -0.2) is 23.0 Å². The molecule has 0 N–H and O–H groups in total. The van der Waals surface area contributed by atoms with Gasteiger partial charge >= 0.3 is 0 Å². The maximum atomic E-state index is 13.1. The number of hydrogen-bond acceptors (Lipinski definition) is 3. The molecule has 0 spiro atoms. The van der Waals surface area contributed by atoms with E-state index < -0.39 is 0 Å². The number of fused-ring (bicyclic) bond motifs is 1. The first-order valence-corrected chi connectivity index (χ1v) is 8.56. The van der Waals surface area contributed by atoms with Crippen LogP contribution in [0.25, 0.3) is 11.1 Å². The summed E-state index contributed by atoms with van der Waals surface area (Å²) in [6, 6.07) is 15.0. The number of halogens is 1. The average molecular weight is 324 g/mol. The van der Waals surface area contributed by atoms with Crippen molar-refractivity contribution < 1.29 is 8.81 Å². The predicted octanol–water partition coefficient (Wildman–Crippen LogP) is 4.91. The maximum Gasteiger partial charge on any atom is 0.199 e. The van der Waals surface area contributed by atoms with Crippen LogP contribution < -0.4 is 0 Å². The number of benzene rings is 2. The second-order valence-electron chi connectivity index (χ2n) is 6.58. The van der Waals surface area contributed by atoms with Gasteiger partial charge in [0.1, 0.15) is 11.3 Å². The molecule has 124 valence electrons. The maximum absolute atomic E-state index is 13.1. The third-order valence-electron chi connectivity index (χ3n) is 5.01. The van der Waals surface area contributed by atoms with Crippen LogP contribution in [0.4, 0.5) is 4.39 Å². The minimum Gasteiger partial charge on any atom is -0.440 e. The Hall–Kier alpha value is -2.20. The van der Waals surface area contributed by atoms with Crippen LogP contribution in [-0.2, 0) is 0 Å². The van der Waals surface area contributed by atoms with E-state index in [1.165, 1.54) is 12.1 Å². The molecule has 4 heteroatoms. The molecule has 4 rings (SSSR count). The van der Waals surface area contributed by atoms with Gasteiger partial charge in [0, 0.05) is 18.5 Å². The van der Waals surface area contributed by atoms with Gasteiger partial charge in [-0.25, -0.2) is 9.37 Å². The van der Waals surface area contributed by atoms with Crippen molar-refractivity contribution in [1.29, 1.82) is 0 Å². The molecule has 1 aliphatic rings. The molecular formula is C20H21FN2O. The van der Waals surface area contributed by atoms with Gasteiger partial charge in [-0.05, 0) is 56.1 Å². The molecular weight excluding hydrogens is 303 g/mol. The Morgan fingerprint density at radius 2 is 1.96 bits per heavy atom. The summed E-state index contributed by atoms with van der Waals surface area (Å²) in [6.07, 6.45) is 2.22. The Bertz CT molecular complexity index is 794. The zero-order valence-electron chi connectivity index (χ0n) is 13.8. The standard InChI is InChI=1S/C20H21FN2O/c1-14(15-8-10-17(21)11-9-15)23-12-4-5-16(13-23)20-22-18-6-2-3-7-19(18)24-20/h2-3,6-11,14,16H,4-5,12-13H2,1H3/t14-,16-/m1/s1. The molecule has 2 atom stereocenters. The van der Waals surface area contributed by atoms with E-state index in [-0.39, 0.29) is 11.9 Å². The molecule has 0 unspecified atom stereocenters. The normalized spacial score (nSPS) is 20.3. The Morgan fingerprint density at radius 3 is 2.75 bits per heavy atom. The highest BCUT2D eigenvalue weighted by atomic mass is 19.1. The Morgan fingerprint density at radius 1 is 1.17 bits per heavy atom. The van der Waals surface area contributed by atoms with E-state index in [4.69, 9.17) is 4.42 Å². The van der Waals surface area contributed by atoms with E-state index in [1.807, 2.05) is 36.4 Å². The molecule has 24 heavy (non-hydrogen) atoms. The fraction of sp³-hybridized carbons (Fsp3) is 0.350. The average Bonchev–Trinajstić information content (AvgIpc) is 3.06. The number of nitrogens with zero attached hydrogens (tertiary/aromatic N) is 2. The van der Waals surface area contributed by atoms with Crippen molar-refractivity contribution in [3.8, 4) is 0 Å². The number of rotatable bonds is 3. The number of oxazole rings is 1. The van der Waals surface area contributed by atoms with Crippen molar-refractivity contribution >= 4 is 11.1 Å². The van der Waals surface area contributed by atoms with Crippen LogP contribution >= 0.6 is 0 Å². The highest BCUT2D eigenvalue weighted by Crippen LogP contribution is 2.33. The summed E-state index contributed by atoms with van der Waals surface area (Å²) < 4.78 is 19.1. The lowest BCUT2D eigenvalue weighted by Gasteiger charge is -2.36. The van der Waals surface area contributed by atoms with E-state index in [1.54, 1.807) is 0 Å². The summed E-state index contributed by atoms with van der Waals surface area (Å²) in [7, 11) is 0. The monoisotopic (exact) mass is 324 g/mol. The number of piperidine rings is 1. The smallest absolute Gasteiger partial charge is 0.199 e. The summed E-state index contributed by atoms with van der Waals surface area (Å²) in [5.74, 6) is 0.968. The highest BCUT2D eigenvalue weighted by Gasteiger charge is 2.28. The van der Waals surface area contributed by atoms with Crippen LogP contribution in [0.15, 0.2) is 52.9 Å². The molecule has 0 saturated carbocycles. The third-order valence-corrected chi connectivity index (χ3v) is 5.01. The Balaban J connectivity index is 1.53. The van der Waals surface area contributed by atoms with Crippen molar-refractivity contribution in [3.63, 3.8) is 0 Å². The lowest BCUT2D eigenvalue weighted by Crippen LogP contribution is -2.36. The minimum atomic E-state index is -0.186. The van der Waals surface area contributed by atoms with E-state index in [0.717, 1.165) is 48.5 Å². The molecule has 1 aromatic heterocycles. The molecule has 2 heterocycles. The molecule has 2 aromatic carbocycles. The molecule has 3 aromatic rings. The SMILES string of the molecule is C[C@H](c1ccc(F)cc1)N1CCC[C@@H](c2nc3ccccc3o2)C1. The van der Waals surface area contributed by atoms with Crippen LogP contribution in [0.2, 0.25) is 0 Å². The Labute approximate surface area is 141 Å². The minimum absolute atomic E-state index is 0.186. The lowest BCUT2D eigenvalue weighted by molar-refractivity contribution is 0.149. The van der Waals surface area contributed by atoms with Gasteiger partial charge in [-0.15, -0.1) is 0 Å². The largest absolute Gasteiger partial charge is 0.440 e. The third kappa shape index (κ3) is 2.94. The summed E-state index contributed by atoms with van der Waals surface area (Å²) in [5.41, 5.74) is 2.93. The van der Waals surface area contributed by atoms with Gasteiger partial charge in [-0.2, -0.15) is 0 Å². The highest BCUT2D eigenvalue weighted by molar-refractivity contribution is 5.72. The van der Waals surface area contributed by atoms with Gasteiger partial charge in [0.15, 0.2) is 11.5 Å². The van der Waals surface area contributed by atoms with Crippen molar-refractivity contribution in [2.45, 2.75) is 31.7 Å². The second-order valence-corrected chi connectivity index (χ2v) is 6.58. The first kappa shape index (κ1) is 15.3. The quantitative estimate of drug-likeness (QED) is 0.685. The molecule has 1 aliphatic heterocycles. The van der Waals surface area contributed by atoms with E-state index in [2.05, 4.69) is 16.8 Å². The van der Waals surface area contributed by atoms with Gasteiger partial charge in [0.05, 0.1) is 0 Å². The van der Waals surface area contributed by atoms with Gasteiger partial charge in [0.2, 0.25) is 0 Å². The fourth-order valence-corrected chi connectivity index (χ4v) is 3.58. The summed E-state index contributed by atoms with van der Waals surface area (Å²) in [5, 5.41) is 0. The number of hydrogen-bond donors (Lipinski definition) is 0. The second kappa shape index (κ2) is 6.36. The summed E-state index contributed by atoms with van der Waals surface area (Å²) in [4.78, 5) is 7.11. The first-order chi connectivity index (χ1) is 11.7. The van der Waals surface area contributed by atoms with Crippen LogP contribution in [0.1, 0.15) is 43.2 Å². The summed E-state index contributed by atoms with van der Waals surface area (Å²) in [6.45, 7) is 4.16. The fourth-order valence-electron chi connectivity index (χ4n) is 3.58. The zero-order valence-corrected chi connectivity index (χ0v) is 13.8. The molecule has 0 radical (unpaired) electrons. The van der Waals surface area contributed by atoms with Crippen molar-refractivity contribution in [2.75, 3.05) is 13.1 Å². The topological polar surface area (TPSA) is 29.3 Å². The molecule has 0 amide bonds. The predicted molar refractivity (Wildman–Crippen MR) is 92.4 cm³/mol. The number of para-hydroxylation sites is 2. The zero-order chi connectivity index (χ0) is 16.5. The van der Waals surface area contributed by atoms with Crippen LogP contribution in [0, 0.1) is 5.82 Å². The molecule has 1 fully saturated rings. The van der Waals surface area contributed by atoms with Gasteiger partial charge in [-0.1, -0.05) is 24.3 Å². The Kier molecular flexibility index (Phi) is 4.07. The number of likely N-dealkylation sites (tertiary alicyclic amines) is 1. The molecule has 3 nitrogen and oxygen atoms in total. The molecule has 0 aliphatic carbocycles. The van der Waals surface area contributed by atoms with Crippen molar-refractivity contribution in [3.05, 3.63) is 65.8 Å². The van der Waals surface area contributed by atoms with Crippen LogP contribution in [0.5, 0.6) is 0 Å². The molecule has 0 bridgehead atoms. The first-order valence-electron chi connectivity index (χ1n) is 8.56. The van der Waals surface area contributed by atoms with Crippen molar-refractivity contribution in [2.24, 2.45) is 0 Å².